The molecule has 2 amide bonds. The number of nitrogens with zero attached hydrogens (tertiary/aromatic N) is 1. The molecule has 2 saturated heterocycles. The molecule has 0 saturated carbocycles. The van der Waals surface area contributed by atoms with Crippen molar-refractivity contribution in [3.63, 3.8) is 0 Å². The predicted octanol–water partition coefficient (Wildman–Crippen LogP) is 1.55. The molecule has 2 fully saturated rings. The van der Waals surface area contributed by atoms with Crippen molar-refractivity contribution in [1.82, 2.24) is 5.32 Å². The van der Waals surface area contributed by atoms with Gasteiger partial charge in [-0.05, 0) is 31.0 Å². The summed E-state index contributed by atoms with van der Waals surface area (Å²) in [5.41, 5.74) is 1.22. The molecule has 1 aromatic carbocycles. The lowest BCUT2D eigenvalue weighted by Gasteiger charge is -2.23. The van der Waals surface area contributed by atoms with Crippen LogP contribution in [0.1, 0.15) is 23.2 Å². The molecular formula is C15H18N2O4. The van der Waals surface area contributed by atoms with Crippen LogP contribution >= 0.6 is 0 Å². The third-order valence-corrected chi connectivity index (χ3v) is 3.68. The second-order valence-corrected chi connectivity index (χ2v) is 5.20. The molecule has 112 valence electrons. The number of cyclic esters (lactones) is 1. The van der Waals surface area contributed by atoms with E-state index in [1.165, 1.54) is 4.90 Å². The minimum Gasteiger partial charge on any atom is -0.447 e. The summed E-state index contributed by atoms with van der Waals surface area (Å²) in [7, 11) is 0. The van der Waals surface area contributed by atoms with Gasteiger partial charge in [-0.25, -0.2) is 4.79 Å². The highest BCUT2D eigenvalue weighted by Gasteiger charge is 2.24. The highest BCUT2D eigenvalue weighted by Crippen LogP contribution is 2.20. The van der Waals surface area contributed by atoms with Crippen LogP contribution in [0.5, 0.6) is 0 Å². The van der Waals surface area contributed by atoms with Crippen LogP contribution < -0.4 is 10.2 Å². The SMILES string of the molecule is O=C(NC1CCCOC1)c1cccc(N2CCOC2=O)c1. The summed E-state index contributed by atoms with van der Waals surface area (Å²) in [6, 6.07) is 7.09. The van der Waals surface area contributed by atoms with E-state index in [1.54, 1.807) is 24.3 Å². The minimum absolute atomic E-state index is 0.0617. The fraction of sp³-hybridized carbons (Fsp3) is 0.467. The van der Waals surface area contributed by atoms with Crippen molar-refractivity contribution in [2.24, 2.45) is 0 Å². The Hall–Kier alpha value is -2.08. The van der Waals surface area contributed by atoms with Gasteiger partial charge >= 0.3 is 6.09 Å². The Balaban J connectivity index is 1.69. The molecule has 1 aromatic rings. The van der Waals surface area contributed by atoms with Crippen LogP contribution in [0.4, 0.5) is 10.5 Å². The molecule has 1 atom stereocenters. The fourth-order valence-electron chi connectivity index (χ4n) is 2.57. The van der Waals surface area contributed by atoms with Crippen molar-refractivity contribution < 1.29 is 19.1 Å². The number of anilines is 1. The summed E-state index contributed by atoms with van der Waals surface area (Å²) >= 11 is 0. The second-order valence-electron chi connectivity index (χ2n) is 5.20. The Bertz CT molecular complexity index is 540. The van der Waals surface area contributed by atoms with Crippen LogP contribution in [0.3, 0.4) is 0 Å². The van der Waals surface area contributed by atoms with E-state index < -0.39 is 0 Å². The van der Waals surface area contributed by atoms with E-state index in [0.29, 0.717) is 31.0 Å². The predicted molar refractivity (Wildman–Crippen MR) is 76.4 cm³/mol. The lowest BCUT2D eigenvalue weighted by molar-refractivity contribution is 0.0624. The Morgan fingerprint density at radius 1 is 1.33 bits per heavy atom. The maximum absolute atomic E-state index is 12.3. The summed E-state index contributed by atoms with van der Waals surface area (Å²) in [4.78, 5) is 25.3. The lowest BCUT2D eigenvalue weighted by atomic mass is 10.1. The van der Waals surface area contributed by atoms with Gasteiger partial charge < -0.3 is 14.8 Å². The van der Waals surface area contributed by atoms with Crippen molar-refractivity contribution in [3.05, 3.63) is 29.8 Å². The maximum Gasteiger partial charge on any atom is 0.414 e. The first-order valence-corrected chi connectivity index (χ1v) is 7.17. The third kappa shape index (κ3) is 3.16. The standard InChI is InChI=1S/C15H18N2O4/c18-14(16-12-4-2-7-20-10-12)11-3-1-5-13(9-11)17-6-8-21-15(17)19/h1,3,5,9,12H,2,4,6-8,10H2,(H,16,18). The van der Waals surface area contributed by atoms with Crippen LogP contribution in [0, 0.1) is 0 Å². The summed E-state index contributed by atoms with van der Waals surface area (Å²) in [5, 5.41) is 2.97. The first-order valence-electron chi connectivity index (χ1n) is 7.17. The van der Waals surface area contributed by atoms with E-state index in [1.807, 2.05) is 0 Å². The summed E-state index contributed by atoms with van der Waals surface area (Å²) < 4.78 is 10.3. The van der Waals surface area contributed by atoms with Crippen LogP contribution in [0.2, 0.25) is 0 Å². The molecular weight excluding hydrogens is 272 g/mol. The van der Waals surface area contributed by atoms with Gasteiger partial charge in [0.1, 0.15) is 6.61 Å². The molecule has 1 N–H and O–H groups in total. The minimum atomic E-state index is -0.367. The van der Waals surface area contributed by atoms with Crippen LogP contribution in [0.15, 0.2) is 24.3 Å². The molecule has 6 heteroatoms. The molecule has 0 aliphatic carbocycles. The van der Waals surface area contributed by atoms with Gasteiger partial charge in [-0.3, -0.25) is 9.69 Å². The van der Waals surface area contributed by atoms with Gasteiger partial charge in [0.15, 0.2) is 0 Å². The normalized spacial score (nSPS) is 22.0. The van der Waals surface area contributed by atoms with Crippen molar-refractivity contribution in [3.8, 4) is 0 Å². The molecule has 0 aromatic heterocycles. The Labute approximate surface area is 123 Å². The van der Waals surface area contributed by atoms with Gasteiger partial charge in [0.2, 0.25) is 0 Å². The quantitative estimate of drug-likeness (QED) is 0.917. The summed E-state index contributed by atoms with van der Waals surface area (Å²) in [5.74, 6) is -0.139. The second kappa shape index (κ2) is 6.13. The monoisotopic (exact) mass is 290 g/mol. The molecule has 21 heavy (non-hydrogen) atoms. The average Bonchev–Trinajstić information content (AvgIpc) is 2.94. The largest absolute Gasteiger partial charge is 0.447 e. The first kappa shape index (κ1) is 13.9. The number of ether oxygens (including phenoxy) is 2. The molecule has 2 heterocycles. The summed E-state index contributed by atoms with van der Waals surface area (Å²) in [6.07, 6.45) is 1.53. The van der Waals surface area contributed by atoms with Crippen molar-refractivity contribution in [2.75, 3.05) is 31.3 Å². The third-order valence-electron chi connectivity index (χ3n) is 3.68. The lowest BCUT2D eigenvalue weighted by Crippen LogP contribution is -2.40. The smallest absolute Gasteiger partial charge is 0.414 e. The Kier molecular flexibility index (Phi) is 4.06. The van der Waals surface area contributed by atoms with Crippen molar-refractivity contribution in [1.29, 1.82) is 0 Å². The van der Waals surface area contributed by atoms with E-state index in [-0.39, 0.29) is 18.0 Å². The number of amides is 2. The number of hydrogen-bond donors (Lipinski definition) is 1. The van der Waals surface area contributed by atoms with Crippen molar-refractivity contribution in [2.45, 2.75) is 18.9 Å². The topological polar surface area (TPSA) is 67.9 Å². The average molecular weight is 290 g/mol. The molecule has 1 unspecified atom stereocenters. The number of carbonyl (C=O) groups excluding carboxylic acids is 2. The van der Waals surface area contributed by atoms with Crippen LogP contribution in [-0.4, -0.2) is 44.4 Å². The Morgan fingerprint density at radius 2 is 2.24 bits per heavy atom. The molecule has 0 bridgehead atoms. The number of hydrogen-bond acceptors (Lipinski definition) is 4. The zero-order valence-electron chi connectivity index (χ0n) is 11.7. The molecule has 2 aliphatic heterocycles. The summed E-state index contributed by atoms with van der Waals surface area (Å²) in [6.45, 7) is 2.22. The number of carbonyl (C=O) groups is 2. The van der Waals surface area contributed by atoms with Gasteiger partial charge in [0.05, 0.1) is 19.2 Å². The van der Waals surface area contributed by atoms with E-state index in [0.717, 1.165) is 19.4 Å². The van der Waals surface area contributed by atoms with Gasteiger partial charge in [-0.1, -0.05) is 6.07 Å². The molecule has 3 rings (SSSR count). The highest BCUT2D eigenvalue weighted by atomic mass is 16.6. The molecule has 6 nitrogen and oxygen atoms in total. The highest BCUT2D eigenvalue weighted by molar-refractivity contribution is 5.97. The van der Waals surface area contributed by atoms with Gasteiger partial charge in [0, 0.05) is 17.9 Å². The fourth-order valence-corrected chi connectivity index (χ4v) is 2.57. The van der Waals surface area contributed by atoms with E-state index >= 15 is 0 Å². The molecule has 2 aliphatic rings. The van der Waals surface area contributed by atoms with E-state index in [4.69, 9.17) is 9.47 Å². The maximum atomic E-state index is 12.3. The van der Waals surface area contributed by atoms with Gasteiger partial charge in [-0.2, -0.15) is 0 Å². The van der Waals surface area contributed by atoms with Gasteiger partial charge in [-0.15, -0.1) is 0 Å². The van der Waals surface area contributed by atoms with Gasteiger partial charge in [0.25, 0.3) is 5.91 Å². The van der Waals surface area contributed by atoms with Crippen molar-refractivity contribution >= 4 is 17.7 Å². The number of benzene rings is 1. The Morgan fingerprint density at radius 3 is 2.95 bits per heavy atom. The zero-order valence-corrected chi connectivity index (χ0v) is 11.7. The molecule has 0 spiro atoms. The van der Waals surface area contributed by atoms with E-state index in [2.05, 4.69) is 5.32 Å². The molecule has 0 radical (unpaired) electrons. The van der Waals surface area contributed by atoms with Crippen LogP contribution in [0.25, 0.3) is 0 Å². The van der Waals surface area contributed by atoms with Crippen LogP contribution in [-0.2, 0) is 9.47 Å². The number of nitrogens with one attached hydrogen (secondary N) is 1. The number of rotatable bonds is 3. The zero-order chi connectivity index (χ0) is 14.7. The first-order chi connectivity index (χ1) is 10.2. The van der Waals surface area contributed by atoms with E-state index in [9.17, 15) is 9.59 Å².